The maximum absolute atomic E-state index is 11.2. The molecule has 1 aromatic rings. The summed E-state index contributed by atoms with van der Waals surface area (Å²) in [5.74, 6) is 0.452. The summed E-state index contributed by atoms with van der Waals surface area (Å²) in [7, 11) is 1.62. The highest BCUT2D eigenvalue weighted by atomic mass is 16.5. The second kappa shape index (κ2) is 6.58. The van der Waals surface area contributed by atoms with Gasteiger partial charge in [-0.05, 0) is 38.1 Å². The lowest BCUT2D eigenvalue weighted by Gasteiger charge is -2.07. The first kappa shape index (κ1) is 13.1. The Morgan fingerprint density at radius 2 is 2.00 bits per heavy atom. The molecule has 1 aromatic carbocycles. The minimum atomic E-state index is -0.342. The Morgan fingerprint density at radius 3 is 2.53 bits per heavy atom. The van der Waals surface area contributed by atoms with Gasteiger partial charge in [-0.1, -0.05) is 0 Å². The molecule has 0 saturated heterocycles. The molecule has 1 rings (SSSR count). The Labute approximate surface area is 101 Å². The maximum Gasteiger partial charge on any atom is 0.332 e. The van der Waals surface area contributed by atoms with Crippen LogP contribution in [0.5, 0.6) is 5.75 Å². The standard InChI is InChI=1S/C13H17NO3/c1-4-17-13(15)9-10(2)14-11-5-7-12(16-3)8-6-11/h5-9,14H,4H2,1-3H3/b10-9+. The molecule has 0 atom stereocenters. The van der Waals surface area contributed by atoms with E-state index in [0.717, 1.165) is 17.1 Å². The van der Waals surface area contributed by atoms with Gasteiger partial charge in [0.1, 0.15) is 5.75 Å². The van der Waals surface area contributed by atoms with Crippen molar-refractivity contribution in [1.29, 1.82) is 0 Å². The summed E-state index contributed by atoms with van der Waals surface area (Å²) >= 11 is 0. The van der Waals surface area contributed by atoms with Crippen LogP contribution in [-0.4, -0.2) is 19.7 Å². The van der Waals surface area contributed by atoms with E-state index in [-0.39, 0.29) is 5.97 Å². The summed E-state index contributed by atoms with van der Waals surface area (Å²) in [5.41, 5.74) is 1.62. The highest BCUT2D eigenvalue weighted by Crippen LogP contribution is 2.16. The Kier molecular flexibility index (Phi) is 5.07. The molecule has 0 saturated carbocycles. The van der Waals surface area contributed by atoms with Gasteiger partial charge in [-0.2, -0.15) is 0 Å². The van der Waals surface area contributed by atoms with E-state index in [1.165, 1.54) is 6.08 Å². The van der Waals surface area contributed by atoms with Crippen molar-refractivity contribution >= 4 is 11.7 Å². The van der Waals surface area contributed by atoms with Crippen molar-refractivity contribution in [3.8, 4) is 5.75 Å². The van der Waals surface area contributed by atoms with Gasteiger partial charge in [0.05, 0.1) is 13.7 Å². The lowest BCUT2D eigenvalue weighted by atomic mass is 10.3. The van der Waals surface area contributed by atoms with Crippen LogP contribution >= 0.6 is 0 Å². The Bertz CT molecular complexity index is 396. The summed E-state index contributed by atoms with van der Waals surface area (Å²) in [6.45, 7) is 3.96. The number of nitrogens with one attached hydrogen (secondary N) is 1. The van der Waals surface area contributed by atoms with Crippen molar-refractivity contribution in [2.75, 3.05) is 19.0 Å². The number of anilines is 1. The van der Waals surface area contributed by atoms with Crippen molar-refractivity contribution in [3.05, 3.63) is 36.0 Å². The van der Waals surface area contributed by atoms with Crippen LogP contribution in [0.25, 0.3) is 0 Å². The molecule has 0 aliphatic heterocycles. The highest BCUT2D eigenvalue weighted by molar-refractivity contribution is 5.83. The van der Waals surface area contributed by atoms with Crippen molar-refractivity contribution in [2.24, 2.45) is 0 Å². The molecule has 0 heterocycles. The molecule has 1 N–H and O–H groups in total. The van der Waals surface area contributed by atoms with Gasteiger partial charge in [0.15, 0.2) is 0 Å². The third-order valence-corrected chi connectivity index (χ3v) is 2.05. The SMILES string of the molecule is CCOC(=O)/C=C(\C)Nc1ccc(OC)cc1. The second-order valence-corrected chi connectivity index (χ2v) is 3.43. The number of allylic oxidation sites excluding steroid dienone is 1. The van der Waals surface area contributed by atoms with Gasteiger partial charge >= 0.3 is 5.97 Å². The van der Waals surface area contributed by atoms with Gasteiger partial charge in [-0.3, -0.25) is 0 Å². The lowest BCUT2D eigenvalue weighted by molar-refractivity contribution is -0.137. The fourth-order valence-electron chi connectivity index (χ4n) is 1.30. The number of hydrogen-bond donors (Lipinski definition) is 1. The summed E-state index contributed by atoms with van der Waals surface area (Å²) in [6, 6.07) is 7.45. The number of carbonyl (C=O) groups is 1. The first-order valence-corrected chi connectivity index (χ1v) is 5.42. The quantitative estimate of drug-likeness (QED) is 0.629. The Hall–Kier alpha value is -1.97. The van der Waals surface area contributed by atoms with Gasteiger partial charge in [0, 0.05) is 17.5 Å². The molecule has 0 bridgehead atoms. The molecule has 92 valence electrons. The molecule has 0 unspecified atom stereocenters. The van der Waals surface area contributed by atoms with Crippen LogP contribution in [0.1, 0.15) is 13.8 Å². The van der Waals surface area contributed by atoms with Crippen molar-refractivity contribution in [3.63, 3.8) is 0 Å². The first-order valence-electron chi connectivity index (χ1n) is 5.42. The molecule has 0 radical (unpaired) electrons. The van der Waals surface area contributed by atoms with Gasteiger partial charge in [-0.15, -0.1) is 0 Å². The fraction of sp³-hybridized carbons (Fsp3) is 0.308. The van der Waals surface area contributed by atoms with E-state index < -0.39 is 0 Å². The average molecular weight is 235 g/mol. The summed E-state index contributed by atoms with van der Waals surface area (Å²) < 4.78 is 9.87. The van der Waals surface area contributed by atoms with Crippen LogP contribution in [0.4, 0.5) is 5.69 Å². The zero-order valence-corrected chi connectivity index (χ0v) is 10.3. The molecule has 17 heavy (non-hydrogen) atoms. The van der Waals surface area contributed by atoms with Crippen molar-refractivity contribution < 1.29 is 14.3 Å². The van der Waals surface area contributed by atoms with E-state index in [0.29, 0.717) is 6.61 Å². The number of carbonyl (C=O) groups excluding carboxylic acids is 1. The van der Waals surface area contributed by atoms with E-state index in [1.807, 2.05) is 24.3 Å². The summed E-state index contributed by atoms with van der Waals surface area (Å²) in [4.78, 5) is 11.2. The summed E-state index contributed by atoms with van der Waals surface area (Å²) in [6.07, 6.45) is 1.42. The fourth-order valence-corrected chi connectivity index (χ4v) is 1.30. The first-order chi connectivity index (χ1) is 8.15. The number of methoxy groups -OCH3 is 1. The van der Waals surface area contributed by atoms with Crippen LogP contribution in [0.3, 0.4) is 0 Å². The van der Waals surface area contributed by atoms with Crippen LogP contribution < -0.4 is 10.1 Å². The zero-order chi connectivity index (χ0) is 12.7. The van der Waals surface area contributed by atoms with E-state index in [4.69, 9.17) is 9.47 Å². The Morgan fingerprint density at radius 1 is 1.35 bits per heavy atom. The largest absolute Gasteiger partial charge is 0.497 e. The molecule has 0 amide bonds. The van der Waals surface area contributed by atoms with E-state index in [9.17, 15) is 4.79 Å². The average Bonchev–Trinajstić information content (AvgIpc) is 2.30. The third kappa shape index (κ3) is 4.59. The lowest BCUT2D eigenvalue weighted by Crippen LogP contribution is -2.04. The maximum atomic E-state index is 11.2. The third-order valence-electron chi connectivity index (χ3n) is 2.05. The number of benzene rings is 1. The second-order valence-electron chi connectivity index (χ2n) is 3.43. The minimum Gasteiger partial charge on any atom is -0.497 e. The summed E-state index contributed by atoms with van der Waals surface area (Å²) in [5, 5.41) is 3.09. The molecule has 0 spiro atoms. The molecular formula is C13H17NO3. The predicted molar refractivity (Wildman–Crippen MR) is 67.0 cm³/mol. The topological polar surface area (TPSA) is 47.6 Å². The van der Waals surface area contributed by atoms with Gasteiger partial charge in [0.2, 0.25) is 0 Å². The number of ether oxygens (including phenoxy) is 2. The van der Waals surface area contributed by atoms with E-state index in [1.54, 1.807) is 21.0 Å². The van der Waals surface area contributed by atoms with E-state index in [2.05, 4.69) is 5.32 Å². The molecule has 0 fully saturated rings. The molecular weight excluding hydrogens is 218 g/mol. The van der Waals surface area contributed by atoms with Crippen LogP contribution in [-0.2, 0) is 9.53 Å². The highest BCUT2D eigenvalue weighted by Gasteiger charge is 1.99. The number of esters is 1. The van der Waals surface area contributed by atoms with Crippen molar-refractivity contribution in [1.82, 2.24) is 0 Å². The van der Waals surface area contributed by atoms with Crippen molar-refractivity contribution in [2.45, 2.75) is 13.8 Å². The van der Waals surface area contributed by atoms with Gasteiger partial charge < -0.3 is 14.8 Å². The molecule has 4 heteroatoms. The molecule has 4 nitrogen and oxygen atoms in total. The minimum absolute atomic E-state index is 0.342. The predicted octanol–water partition coefficient (Wildman–Crippen LogP) is 2.57. The van der Waals surface area contributed by atoms with E-state index >= 15 is 0 Å². The molecule has 0 aliphatic carbocycles. The van der Waals surface area contributed by atoms with Crippen LogP contribution in [0.15, 0.2) is 36.0 Å². The molecule has 0 aliphatic rings. The van der Waals surface area contributed by atoms with Gasteiger partial charge in [0.25, 0.3) is 0 Å². The van der Waals surface area contributed by atoms with Crippen LogP contribution in [0, 0.1) is 0 Å². The number of hydrogen-bond acceptors (Lipinski definition) is 4. The Balaban J connectivity index is 2.60. The number of rotatable bonds is 5. The monoisotopic (exact) mass is 235 g/mol. The zero-order valence-electron chi connectivity index (χ0n) is 10.3. The van der Waals surface area contributed by atoms with Gasteiger partial charge in [-0.25, -0.2) is 4.79 Å². The smallest absolute Gasteiger partial charge is 0.332 e. The van der Waals surface area contributed by atoms with Crippen LogP contribution in [0.2, 0.25) is 0 Å². The normalized spacial score (nSPS) is 10.9. The molecule has 0 aromatic heterocycles.